The van der Waals surface area contributed by atoms with E-state index >= 15 is 0 Å². The SMILES string of the molecule is CC(C)(C)CCC(C)(O)c1cncc(F)c1. The molecule has 1 aromatic heterocycles. The van der Waals surface area contributed by atoms with E-state index in [1.54, 1.807) is 6.92 Å². The second kappa shape index (κ2) is 4.50. The van der Waals surface area contributed by atoms with E-state index in [9.17, 15) is 9.50 Å². The van der Waals surface area contributed by atoms with E-state index in [-0.39, 0.29) is 5.41 Å². The van der Waals surface area contributed by atoms with Gasteiger partial charge in [-0.3, -0.25) is 4.98 Å². The molecule has 1 aromatic rings. The molecular weight excluding hydrogens is 205 g/mol. The van der Waals surface area contributed by atoms with Crippen LogP contribution in [0.15, 0.2) is 18.5 Å². The van der Waals surface area contributed by atoms with E-state index in [0.717, 1.165) is 12.6 Å². The lowest BCUT2D eigenvalue weighted by molar-refractivity contribution is 0.0352. The number of pyridine rings is 1. The van der Waals surface area contributed by atoms with Crippen LogP contribution in [-0.4, -0.2) is 10.1 Å². The Morgan fingerprint density at radius 2 is 1.81 bits per heavy atom. The van der Waals surface area contributed by atoms with Gasteiger partial charge in [0.25, 0.3) is 0 Å². The van der Waals surface area contributed by atoms with E-state index in [1.807, 2.05) is 0 Å². The maximum Gasteiger partial charge on any atom is 0.141 e. The number of halogens is 1. The average molecular weight is 225 g/mol. The Labute approximate surface area is 96.5 Å². The largest absolute Gasteiger partial charge is 0.385 e. The van der Waals surface area contributed by atoms with Crippen molar-refractivity contribution < 1.29 is 9.50 Å². The van der Waals surface area contributed by atoms with Gasteiger partial charge in [-0.15, -0.1) is 0 Å². The molecule has 0 bridgehead atoms. The summed E-state index contributed by atoms with van der Waals surface area (Å²) in [6, 6.07) is 1.34. The van der Waals surface area contributed by atoms with Gasteiger partial charge >= 0.3 is 0 Å². The molecule has 1 unspecified atom stereocenters. The first kappa shape index (κ1) is 13.1. The molecule has 1 heterocycles. The molecule has 0 aliphatic carbocycles. The Hall–Kier alpha value is -0.960. The van der Waals surface area contributed by atoms with Crippen LogP contribution in [0.4, 0.5) is 4.39 Å². The normalized spacial score (nSPS) is 15.9. The highest BCUT2D eigenvalue weighted by molar-refractivity contribution is 5.17. The zero-order valence-corrected chi connectivity index (χ0v) is 10.4. The van der Waals surface area contributed by atoms with E-state index in [4.69, 9.17) is 0 Å². The molecule has 0 aliphatic rings. The highest BCUT2D eigenvalue weighted by Crippen LogP contribution is 2.31. The summed E-state index contributed by atoms with van der Waals surface area (Å²) in [7, 11) is 0. The molecule has 0 amide bonds. The fraction of sp³-hybridized carbons (Fsp3) is 0.615. The van der Waals surface area contributed by atoms with E-state index in [0.29, 0.717) is 12.0 Å². The molecule has 0 aliphatic heterocycles. The van der Waals surface area contributed by atoms with Gasteiger partial charge in [0.2, 0.25) is 0 Å². The lowest BCUT2D eigenvalue weighted by Gasteiger charge is -2.27. The highest BCUT2D eigenvalue weighted by Gasteiger charge is 2.26. The summed E-state index contributed by atoms with van der Waals surface area (Å²) in [4.78, 5) is 3.76. The third kappa shape index (κ3) is 3.89. The van der Waals surface area contributed by atoms with Crippen molar-refractivity contribution in [2.75, 3.05) is 0 Å². The van der Waals surface area contributed by atoms with Crippen LogP contribution in [0.1, 0.15) is 46.1 Å². The standard InChI is InChI=1S/C13H20FNO/c1-12(2,3)5-6-13(4,16)10-7-11(14)9-15-8-10/h7-9,16H,5-6H2,1-4H3. The smallest absolute Gasteiger partial charge is 0.141 e. The van der Waals surface area contributed by atoms with Crippen LogP contribution in [0, 0.1) is 11.2 Å². The van der Waals surface area contributed by atoms with Crippen LogP contribution in [0.2, 0.25) is 0 Å². The van der Waals surface area contributed by atoms with E-state index < -0.39 is 11.4 Å². The van der Waals surface area contributed by atoms with Gasteiger partial charge in [0.05, 0.1) is 11.8 Å². The first-order chi connectivity index (χ1) is 7.21. The molecule has 0 spiro atoms. The van der Waals surface area contributed by atoms with Crippen molar-refractivity contribution in [1.29, 1.82) is 0 Å². The molecule has 16 heavy (non-hydrogen) atoms. The predicted molar refractivity (Wildman–Crippen MR) is 62.5 cm³/mol. The Morgan fingerprint density at radius 1 is 1.19 bits per heavy atom. The van der Waals surface area contributed by atoms with Crippen LogP contribution in [0.5, 0.6) is 0 Å². The molecule has 0 fully saturated rings. The summed E-state index contributed by atoms with van der Waals surface area (Å²) in [6.07, 6.45) is 4.13. The maximum absolute atomic E-state index is 13.0. The first-order valence-electron chi connectivity index (χ1n) is 5.54. The lowest BCUT2D eigenvalue weighted by Crippen LogP contribution is -2.24. The van der Waals surface area contributed by atoms with Gasteiger partial charge in [0.15, 0.2) is 0 Å². The lowest BCUT2D eigenvalue weighted by atomic mass is 9.83. The van der Waals surface area contributed by atoms with Gasteiger partial charge in [0.1, 0.15) is 5.82 Å². The van der Waals surface area contributed by atoms with Crippen LogP contribution >= 0.6 is 0 Å². The molecule has 0 saturated heterocycles. The number of hydrogen-bond donors (Lipinski definition) is 1. The Morgan fingerprint density at radius 3 is 2.31 bits per heavy atom. The monoisotopic (exact) mass is 225 g/mol. The van der Waals surface area contributed by atoms with Gasteiger partial charge in [-0.25, -0.2) is 4.39 Å². The summed E-state index contributed by atoms with van der Waals surface area (Å²) >= 11 is 0. The van der Waals surface area contributed by atoms with Crippen molar-refractivity contribution in [3.8, 4) is 0 Å². The van der Waals surface area contributed by atoms with Crippen molar-refractivity contribution in [3.63, 3.8) is 0 Å². The van der Waals surface area contributed by atoms with Crippen molar-refractivity contribution in [1.82, 2.24) is 4.98 Å². The molecule has 0 aromatic carbocycles. The summed E-state index contributed by atoms with van der Waals surface area (Å²) in [5, 5.41) is 10.3. The number of rotatable bonds is 3. The summed E-state index contributed by atoms with van der Waals surface area (Å²) in [5.74, 6) is -0.409. The first-order valence-corrected chi connectivity index (χ1v) is 5.54. The van der Waals surface area contributed by atoms with E-state index in [1.165, 1.54) is 12.3 Å². The minimum atomic E-state index is -1.01. The van der Waals surface area contributed by atoms with Gasteiger partial charge in [-0.1, -0.05) is 20.8 Å². The Kier molecular flexibility index (Phi) is 3.68. The molecule has 1 N–H and O–H groups in total. The van der Waals surface area contributed by atoms with Gasteiger partial charge in [0, 0.05) is 11.8 Å². The zero-order valence-electron chi connectivity index (χ0n) is 10.4. The molecule has 1 atom stereocenters. The van der Waals surface area contributed by atoms with Gasteiger partial charge < -0.3 is 5.11 Å². The fourth-order valence-electron chi connectivity index (χ4n) is 1.47. The molecule has 2 nitrogen and oxygen atoms in total. The van der Waals surface area contributed by atoms with Crippen molar-refractivity contribution >= 4 is 0 Å². The summed E-state index contributed by atoms with van der Waals surface area (Å²) in [5.41, 5.74) is -0.315. The molecular formula is C13H20FNO. The second-order valence-electron chi connectivity index (χ2n) is 5.73. The van der Waals surface area contributed by atoms with Gasteiger partial charge in [-0.05, 0) is 31.2 Å². The average Bonchev–Trinajstić information content (AvgIpc) is 2.14. The zero-order chi connectivity index (χ0) is 12.4. The molecule has 1 rings (SSSR count). The topological polar surface area (TPSA) is 33.1 Å². The van der Waals surface area contributed by atoms with Crippen LogP contribution in [-0.2, 0) is 5.60 Å². The Balaban J connectivity index is 2.77. The second-order valence-corrected chi connectivity index (χ2v) is 5.73. The minimum Gasteiger partial charge on any atom is -0.385 e. The summed E-state index contributed by atoms with van der Waals surface area (Å²) < 4.78 is 13.0. The highest BCUT2D eigenvalue weighted by atomic mass is 19.1. The van der Waals surface area contributed by atoms with Crippen molar-refractivity contribution in [2.24, 2.45) is 5.41 Å². The van der Waals surface area contributed by atoms with E-state index in [2.05, 4.69) is 25.8 Å². The fourth-order valence-corrected chi connectivity index (χ4v) is 1.47. The molecule has 0 radical (unpaired) electrons. The number of aromatic nitrogens is 1. The molecule has 3 heteroatoms. The third-order valence-electron chi connectivity index (χ3n) is 2.69. The minimum absolute atomic E-state index is 0.157. The number of aliphatic hydroxyl groups is 1. The van der Waals surface area contributed by atoms with Crippen molar-refractivity contribution in [2.45, 2.75) is 46.1 Å². The van der Waals surface area contributed by atoms with Crippen LogP contribution in [0.25, 0.3) is 0 Å². The van der Waals surface area contributed by atoms with Gasteiger partial charge in [-0.2, -0.15) is 0 Å². The van der Waals surface area contributed by atoms with Crippen LogP contribution in [0.3, 0.4) is 0 Å². The Bertz CT molecular complexity index is 355. The maximum atomic E-state index is 13.0. The van der Waals surface area contributed by atoms with Crippen molar-refractivity contribution in [3.05, 3.63) is 29.8 Å². The third-order valence-corrected chi connectivity index (χ3v) is 2.69. The quantitative estimate of drug-likeness (QED) is 0.856. The number of nitrogens with zero attached hydrogens (tertiary/aromatic N) is 1. The molecule has 0 saturated carbocycles. The van der Waals surface area contributed by atoms with Crippen LogP contribution < -0.4 is 0 Å². The molecule has 90 valence electrons. The summed E-state index contributed by atoms with van der Waals surface area (Å²) in [6.45, 7) is 8.06. The number of hydrogen-bond acceptors (Lipinski definition) is 2. The predicted octanol–water partition coefficient (Wildman–Crippen LogP) is 3.25.